The van der Waals surface area contributed by atoms with Gasteiger partial charge >= 0.3 is 6.18 Å². The second-order valence-electron chi connectivity index (χ2n) is 4.53. The summed E-state index contributed by atoms with van der Waals surface area (Å²) < 4.78 is 55.0. The minimum absolute atomic E-state index is 0.0177. The Bertz CT molecular complexity index is 725. The zero-order valence-electron chi connectivity index (χ0n) is 11.7. The van der Waals surface area contributed by atoms with Gasteiger partial charge in [0, 0.05) is 18.3 Å². The first-order valence-corrected chi connectivity index (χ1v) is 6.46. The van der Waals surface area contributed by atoms with Crippen molar-refractivity contribution in [2.45, 2.75) is 12.7 Å². The highest BCUT2D eigenvalue weighted by atomic mass is 19.4. The third kappa shape index (κ3) is 4.85. The Morgan fingerprint density at radius 1 is 1.26 bits per heavy atom. The minimum Gasteiger partial charge on any atom is -0.468 e. The van der Waals surface area contributed by atoms with E-state index in [1.807, 2.05) is 0 Å². The number of alkyl halides is 3. The molecule has 0 radical (unpaired) electrons. The summed E-state index contributed by atoms with van der Waals surface area (Å²) in [6.07, 6.45) is -3.17. The average molecular weight is 325 g/mol. The molecule has 4 nitrogen and oxygen atoms in total. The summed E-state index contributed by atoms with van der Waals surface area (Å²) in [7, 11) is 0. The minimum atomic E-state index is -4.47. The number of ether oxygens (including phenoxy) is 1. The van der Waals surface area contributed by atoms with Gasteiger partial charge in [0.25, 0.3) is 0 Å². The zero-order chi connectivity index (χ0) is 16.9. The molecule has 1 N–H and O–H groups in total. The molecule has 120 valence electrons. The Balaban J connectivity index is 2.08. The fourth-order valence-corrected chi connectivity index (χ4v) is 1.76. The molecule has 0 saturated carbocycles. The highest BCUT2D eigenvalue weighted by molar-refractivity contribution is 5.49. The molecule has 1 aromatic carbocycles. The Hall–Kier alpha value is -2.82. The number of anilines is 1. The highest BCUT2D eigenvalue weighted by Crippen LogP contribution is 2.22. The van der Waals surface area contributed by atoms with Gasteiger partial charge < -0.3 is 10.1 Å². The lowest BCUT2D eigenvalue weighted by Gasteiger charge is -2.13. The zero-order valence-corrected chi connectivity index (χ0v) is 11.7. The van der Waals surface area contributed by atoms with Gasteiger partial charge in [-0.2, -0.15) is 18.4 Å². The number of nitrogens with zero attached hydrogens (tertiary/aromatic N) is 2. The first kappa shape index (κ1) is 16.5. The van der Waals surface area contributed by atoms with Crippen LogP contribution in [0, 0.1) is 17.1 Å². The Kier molecular flexibility index (Phi) is 5.01. The van der Waals surface area contributed by atoms with Crippen molar-refractivity contribution in [2.24, 2.45) is 0 Å². The maximum atomic E-state index is 13.7. The smallest absolute Gasteiger partial charge is 0.422 e. The SMILES string of the molecule is N#Cc1ccc(NCc2cccnc2OCC(F)(F)F)c(F)c1. The van der Waals surface area contributed by atoms with Gasteiger partial charge in [0.05, 0.1) is 17.3 Å². The number of rotatable bonds is 5. The van der Waals surface area contributed by atoms with Gasteiger partial charge in [0.2, 0.25) is 5.88 Å². The van der Waals surface area contributed by atoms with Gasteiger partial charge in [-0.1, -0.05) is 6.07 Å². The van der Waals surface area contributed by atoms with Crippen LogP contribution in [0.4, 0.5) is 23.2 Å². The lowest BCUT2D eigenvalue weighted by Crippen LogP contribution is -2.20. The molecular weight excluding hydrogens is 314 g/mol. The van der Waals surface area contributed by atoms with Crippen LogP contribution in [-0.4, -0.2) is 17.8 Å². The Labute approximate surface area is 129 Å². The fraction of sp³-hybridized carbons (Fsp3) is 0.200. The summed E-state index contributed by atoms with van der Waals surface area (Å²) in [6, 6.07) is 8.72. The summed E-state index contributed by atoms with van der Waals surface area (Å²) in [5.74, 6) is -0.808. The summed E-state index contributed by atoms with van der Waals surface area (Å²) in [4.78, 5) is 3.74. The van der Waals surface area contributed by atoms with E-state index >= 15 is 0 Å². The summed E-state index contributed by atoms with van der Waals surface area (Å²) in [6.45, 7) is -1.44. The molecule has 0 aliphatic heterocycles. The number of pyridine rings is 1. The second kappa shape index (κ2) is 6.96. The van der Waals surface area contributed by atoms with Crippen LogP contribution in [0.3, 0.4) is 0 Å². The van der Waals surface area contributed by atoms with Crippen LogP contribution in [0.15, 0.2) is 36.5 Å². The first-order chi connectivity index (χ1) is 10.9. The Morgan fingerprint density at radius 2 is 2.04 bits per heavy atom. The maximum absolute atomic E-state index is 13.7. The van der Waals surface area contributed by atoms with Crippen molar-refractivity contribution in [1.82, 2.24) is 4.98 Å². The van der Waals surface area contributed by atoms with E-state index in [-0.39, 0.29) is 23.7 Å². The van der Waals surface area contributed by atoms with Crippen LogP contribution in [-0.2, 0) is 6.54 Å². The fourth-order valence-electron chi connectivity index (χ4n) is 1.76. The molecule has 1 aromatic heterocycles. The van der Waals surface area contributed by atoms with Gasteiger partial charge in [-0.25, -0.2) is 9.37 Å². The number of benzene rings is 1. The lowest BCUT2D eigenvalue weighted by atomic mass is 10.2. The van der Waals surface area contributed by atoms with E-state index in [0.29, 0.717) is 5.56 Å². The number of halogens is 4. The van der Waals surface area contributed by atoms with E-state index in [0.717, 1.165) is 6.07 Å². The average Bonchev–Trinajstić information content (AvgIpc) is 2.51. The molecule has 0 atom stereocenters. The summed E-state index contributed by atoms with van der Waals surface area (Å²) in [5, 5.41) is 11.4. The third-order valence-corrected chi connectivity index (χ3v) is 2.79. The van der Waals surface area contributed by atoms with E-state index in [4.69, 9.17) is 5.26 Å². The standard InChI is InChI=1S/C15H11F4N3O/c16-12-6-10(7-20)3-4-13(12)22-8-11-2-1-5-21-14(11)23-9-15(17,18)19/h1-6,22H,8-9H2. The monoisotopic (exact) mass is 325 g/mol. The molecule has 0 saturated heterocycles. The lowest BCUT2D eigenvalue weighted by molar-refractivity contribution is -0.154. The Morgan fingerprint density at radius 3 is 2.70 bits per heavy atom. The third-order valence-electron chi connectivity index (χ3n) is 2.79. The number of aromatic nitrogens is 1. The number of hydrogen-bond acceptors (Lipinski definition) is 4. The molecule has 23 heavy (non-hydrogen) atoms. The molecule has 2 rings (SSSR count). The molecule has 0 bridgehead atoms. The molecule has 2 aromatic rings. The second-order valence-corrected chi connectivity index (χ2v) is 4.53. The van der Waals surface area contributed by atoms with Gasteiger partial charge in [0.1, 0.15) is 5.82 Å². The predicted octanol–water partition coefficient (Wildman–Crippen LogP) is 3.65. The summed E-state index contributed by atoms with van der Waals surface area (Å²) in [5.41, 5.74) is 0.638. The number of nitriles is 1. The summed E-state index contributed by atoms with van der Waals surface area (Å²) >= 11 is 0. The molecule has 0 spiro atoms. The van der Waals surface area contributed by atoms with Gasteiger partial charge in [0.15, 0.2) is 6.61 Å². The largest absolute Gasteiger partial charge is 0.468 e. The van der Waals surface area contributed by atoms with Crippen molar-refractivity contribution in [1.29, 1.82) is 5.26 Å². The van der Waals surface area contributed by atoms with E-state index in [1.165, 1.54) is 30.5 Å². The predicted molar refractivity (Wildman–Crippen MR) is 74.2 cm³/mol. The molecule has 0 unspecified atom stereocenters. The maximum Gasteiger partial charge on any atom is 0.422 e. The topological polar surface area (TPSA) is 57.9 Å². The van der Waals surface area contributed by atoms with E-state index < -0.39 is 18.6 Å². The van der Waals surface area contributed by atoms with Crippen LogP contribution in [0.25, 0.3) is 0 Å². The number of nitrogens with one attached hydrogen (secondary N) is 1. The first-order valence-electron chi connectivity index (χ1n) is 6.46. The van der Waals surface area contributed by atoms with E-state index in [2.05, 4.69) is 15.0 Å². The molecule has 0 amide bonds. The van der Waals surface area contributed by atoms with Gasteiger partial charge in [-0.05, 0) is 24.3 Å². The van der Waals surface area contributed by atoms with Gasteiger partial charge in [-0.3, -0.25) is 0 Å². The molecule has 0 aliphatic rings. The van der Waals surface area contributed by atoms with Crippen LogP contribution >= 0.6 is 0 Å². The highest BCUT2D eigenvalue weighted by Gasteiger charge is 2.29. The molecular formula is C15H11F4N3O. The van der Waals surface area contributed by atoms with Crippen LogP contribution < -0.4 is 10.1 Å². The van der Waals surface area contributed by atoms with Crippen molar-refractivity contribution < 1.29 is 22.3 Å². The molecule has 0 aliphatic carbocycles. The van der Waals surface area contributed by atoms with E-state index in [9.17, 15) is 17.6 Å². The molecule has 8 heteroatoms. The van der Waals surface area contributed by atoms with Crippen LogP contribution in [0.2, 0.25) is 0 Å². The van der Waals surface area contributed by atoms with E-state index in [1.54, 1.807) is 6.07 Å². The number of hydrogen-bond donors (Lipinski definition) is 1. The molecule has 1 heterocycles. The van der Waals surface area contributed by atoms with Crippen molar-refractivity contribution in [3.63, 3.8) is 0 Å². The van der Waals surface area contributed by atoms with Gasteiger partial charge in [-0.15, -0.1) is 0 Å². The molecule has 0 fully saturated rings. The van der Waals surface area contributed by atoms with Crippen molar-refractivity contribution in [2.75, 3.05) is 11.9 Å². The quantitative estimate of drug-likeness (QED) is 0.853. The van der Waals surface area contributed by atoms with Crippen molar-refractivity contribution in [3.05, 3.63) is 53.5 Å². The van der Waals surface area contributed by atoms with Crippen molar-refractivity contribution in [3.8, 4) is 11.9 Å². The van der Waals surface area contributed by atoms with Crippen LogP contribution in [0.5, 0.6) is 5.88 Å². The normalized spacial score (nSPS) is 10.9. The van der Waals surface area contributed by atoms with Crippen molar-refractivity contribution >= 4 is 5.69 Å². The van der Waals surface area contributed by atoms with Crippen LogP contribution in [0.1, 0.15) is 11.1 Å².